The fraction of sp³-hybridized carbons (Fsp3) is 0.500. The van der Waals surface area contributed by atoms with Gasteiger partial charge < -0.3 is 15.1 Å². The third-order valence-corrected chi connectivity index (χ3v) is 4.47. The minimum atomic E-state index is 0.365. The van der Waals surface area contributed by atoms with Crippen molar-refractivity contribution in [3.63, 3.8) is 0 Å². The van der Waals surface area contributed by atoms with Gasteiger partial charge in [-0.2, -0.15) is 4.98 Å². The molecule has 0 amide bonds. The highest BCUT2D eigenvalue weighted by atomic mass is 16.4. The highest BCUT2D eigenvalue weighted by Gasteiger charge is 2.42. The van der Waals surface area contributed by atoms with Crippen molar-refractivity contribution >= 4 is 17.1 Å². The summed E-state index contributed by atoms with van der Waals surface area (Å²) in [6.07, 6.45) is 2.43. The number of rotatable bonds is 1. The van der Waals surface area contributed by atoms with Crippen molar-refractivity contribution in [3.05, 3.63) is 24.3 Å². The number of fused-ring (bicyclic) bond motifs is 2. The number of benzene rings is 1. The standard InChI is InChI=1S/C14H17N3O/c15-11-6-5-9-7-17(8-10(9)11)14-16-12-3-1-2-4-13(12)18-14/h1-4,9-11H,5-8,15H2. The van der Waals surface area contributed by atoms with Crippen molar-refractivity contribution in [3.8, 4) is 0 Å². The van der Waals surface area contributed by atoms with E-state index in [0.29, 0.717) is 12.0 Å². The lowest BCUT2D eigenvalue weighted by molar-refractivity contribution is 0.453. The van der Waals surface area contributed by atoms with Crippen LogP contribution < -0.4 is 10.6 Å². The molecule has 94 valence electrons. The molecule has 1 aromatic heterocycles. The normalized spacial score (nSPS) is 31.2. The molecule has 1 aliphatic heterocycles. The van der Waals surface area contributed by atoms with Crippen LogP contribution >= 0.6 is 0 Å². The molecule has 2 fully saturated rings. The second-order valence-corrected chi connectivity index (χ2v) is 5.53. The van der Waals surface area contributed by atoms with E-state index in [4.69, 9.17) is 10.2 Å². The Kier molecular flexibility index (Phi) is 2.14. The molecule has 0 radical (unpaired) electrons. The summed E-state index contributed by atoms with van der Waals surface area (Å²) in [6, 6.07) is 9.05. The van der Waals surface area contributed by atoms with E-state index < -0.39 is 0 Å². The van der Waals surface area contributed by atoms with Crippen LogP contribution in [0.1, 0.15) is 12.8 Å². The van der Waals surface area contributed by atoms with Gasteiger partial charge in [0.2, 0.25) is 0 Å². The summed E-state index contributed by atoms with van der Waals surface area (Å²) < 4.78 is 5.83. The van der Waals surface area contributed by atoms with E-state index in [1.807, 2.05) is 24.3 Å². The van der Waals surface area contributed by atoms with E-state index in [0.717, 1.165) is 36.1 Å². The molecule has 2 aliphatic rings. The van der Waals surface area contributed by atoms with E-state index in [2.05, 4.69) is 9.88 Å². The monoisotopic (exact) mass is 243 g/mol. The van der Waals surface area contributed by atoms with Crippen molar-refractivity contribution in [2.75, 3.05) is 18.0 Å². The molecule has 3 atom stereocenters. The van der Waals surface area contributed by atoms with E-state index in [9.17, 15) is 0 Å². The van der Waals surface area contributed by atoms with Crippen LogP contribution in [0.15, 0.2) is 28.7 Å². The van der Waals surface area contributed by atoms with Gasteiger partial charge in [0, 0.05) is 19.1 Å². The smallest absolute Gasteiger partial charge is 0.298 e. The van der Waals surface area contributed by atoms with Gasteiger partial charge in [-0.15, -0.1) is 0 Å². The third-order valence-electron chi connectivity index (χ3n) is 4.47. The van der Waals surface area contributed by atoms with Crippen LogP contribution in [0, 0.1) is 11.8 Å². The maximum atomic E-state index is 6.16. The van der Waals surface area contributed by atoms with E-state index >= 15 is 0 Å². The maximum Gasteiger partial charge on any atom is 0.298 e. The van der Waals surface area contributed by atoms with Gasteiger partial charge in [0.15, 0.2) is 5.58 Å². The Morgan fingerprint density at radius 3 is 2.94 bits per heavy atom. The molecule has 1 saturated carbocycles. The van der Waals surface area contributed by atoms with Gasteiger partial charge in [0.25, 0.3) is 6.01 Å². The first kappa shape index (κ1) is 10.4. The summed E-state index contributed by atoms with van der Waals surface area (Å²) >= 11 is 0. The fourth-order valence-electron chi connectivity index (χ4n) is 3.46. The zero-order valence-corrected chi connectivity index (χ0v) is 10.2. The Bertz CT molecular complexity index is 546. The number of nitrogens with zero attached hydrogens (tertiary/aromatic N) is 2. The molecule has 2 aromatic rings. The number of hydrogen-bond donors (Lipinski definition) is 1. The molecule has 2 N–H and O–H groups in total. The first-order chi connectivity index (χ1) is 8.81. The summed E-state index contributed by atoms with van der Waals surface area (Å²) in [5.74, 6) is 1.36. The van der Waals surface area contributed by atoms with Crippen LogP contribution in [0.5, 0.6) is 0 Å². The lowest BCUT2D eigenvalue weighted by atomic mass is 9.98. The first-order valence-corrected chi connectivity index (χ1v) is 6.67. The van der Waals surface area contributed by atoms with Crippen LogP contribution in [-0.2, 0) is 0 Å². The van der Waals surface area contributed by atoms with Crippen molar-refractivity contribution in [2.45, 2.75) is 18.9 Å². The molecule has 1 aliphatic carbocycles. The fourth-order valence-corrected chi connectivity index (χ4v) is 3.46. The summed E-state index contributed by atoms with van der Waals surface area (Å²) in [7, 11) is 0. The minimum Gasteiger partial charge on any atom is -0.423 e. The molecule has 18 heavy (non-hydrogen) atoms. The van der Waals surface area contributed by atoms with Crippen LogP contribution in [0.3, 0.4) is 0 Å². The quantitative estimate of drug-likeness (QED) is 0.832. The van der Waals surface area contributed by atoms with Crippen molar-refractivity contribution < 1.29 is 4.42 Å². The SMILES string of the molecule is NC1CCC2CN(c3nc4ccccc4o3)CC12. The van der Waals surface area contributed by atoms with Gasteiger partial charge in [-0.1, -0.05) is 12.1 Å². The average Bonchev–Trinajstić information content (AvgIpc) is 3.04. The predicted molar refractivity (Wildman–Crippen MR) is 70.4 cm³/mol. The molecular formula is C14H17N3O. The second-order valence-electron chi connectivity index (χ2n) is 5.53. The number of anilines is 1. The molecule has 1 saturated heterocycles. The molecule has 1 aromatic carbocycles. The number of para-hydroxylation sites is 2. The topological polar surface area (TPSA) is 55.3 Å². The minimum absolute atomic E-state index is 0.365. The number of oxazole rings is 1. The summed E-state index contributed by atoms with van der Waals surface area (Å²) in [4.78, 5) is 6.82. The zero-order valence-electron chi connectivity index (χ0n) is 10.2. The zero-order chi connectivity index (χ0) is 12.1. The lowest BCUT2D eigenvalue weighted by Crippen LogP contribution is -2.30. The Balaban J connectivity index is 1.64. The van der Waals surface area contributed by atoms with Gasteiger partial charge in [-0.25, -0.2) is 0 Å². The van der Waals surface area contributed by atoms with Gasteiger partial charge >= 0.3 is 0 Å². The van der Waals surface area contributed by atoms with E-state index in [1.54, 1.807) is 0 Å². The van der Waals surface area contributed by atoms with Crippen LogP contribution in [0.2, 0.25) is 0 Å². The van der Waals surface area contributed by atoms with Gasteiger partial charge in [-0.3, -0.25) is 0 Å². The van der Waals surface area contributed by atoms with E-state index in [-0.39, 0.29) is 0 Å². The summed E-state index contributed by atoms with van der Waals surface area (Å²) in [5, 5.41) is 0. The van der Waals surface area contributed by atoms with E-state index in [1.165, 1.54) is 12.8 Å². The van der Waals surface area contributed by atoms with Crippen LogP contribution in [0.4, 0.5) is 6.01 Å². The lowest BCUT2D eigenvalue weighted by Gasteiger charge is -2.16. The molecule has 4 nitrogen and oxygen atoms in total. The highest BCUT2D eigenvalue weighted by molar-refractivity contribution is 5.74. The van der Waals surface area contributed by atoms with Crippen LogP contribution in [-0.4, -0.2) is 24.1 Å². The predicted octanol–water partition coefficient (Wildman–Crippen LogP) is 2.00. The molecular weight excluding hydrogens is 226 g/mol. The first-order valence-electron chi connectivity index (χ1n) is 6.67. The maximum absolute atomic E-state index is 6.16. The van der Waals surface area contributed by atoms with Crippen LogP contribution in [0.25, 0.3) is 11.1 Å². The molecule has 2 heterocycles. The highest BCUT2D eigenvalue weighted by Crippen LogP contribution is 2.39. The van der Waals surface area contributed by atoms with Gasteiger partial charge in [-0.05, 0) is 36.8 Å². The van der Waals surface area contributed by atoms with Crippen molar-refractivity contribution in [1.82, 2.24) is 4.98 Å². The number of hydrogen-bond acceptors (Lipinski definition) is 4. The third kappa shape index (κ3) is 1.45. The Labute approximate surface area is 106 Å². The molecule has 0 bridgehead atoms. The molecule has 4 heteroatoms. The average molecular weight is 243 g/mol. The Hall–Kier alpha value is -1.55. The number of nitrogens with two attached hydrogens (primary N) is 1. The Morgan fingerprint density at radius 2 is 2.11 bits per heavy atom. The van der Waals surface area contributed by atoms with Crippen molar-refractivity contribution in [2.24, 2.45) is 17.6 Å². The molecule has 0 spiro atoms. The second kappa shape index (κ2) is 3.72. The van der Waals surface area contributed by atoms with Gasteiger partial charge in [0.1, 0.15) is 5.52 Å². The number of aromatic nitrogens is 1. The summed E-state index contributed by atoms with van der Waals surface area (Å²) in [6.45, 7) is 2.05. The largest absolute Gasteiger partial charge is 0.423 e. The molecule has 4 rings (SSSR count). The van der Waals surface area contributed by atoms with Gasteiger partial charge in [0.05, 0.1) is 0 Å². The summed E-state index contributed by atoms with van der Waals surface area (Å²) in [5.41, 5.74) is 7.97. The Morgan fingerprint density at radius 1 is 1.22 bits per heavy atom. The molecule has 3 unspecified atom stereocenters. The van der Waals surface area contributed by atoms with Crippen molar-refractivity contribution in [1.29, 1.82) is 0 Å².